The van der Waals surface area contributed by atoms with E-state index in [1.54, 1.807) is 31.4 Å². The Kier molecular flexibility index (Phi) is 8.30. The second-order valence-corrected chi connectivity index (χ2v) is 8.18. The molecule has 204 valence electrons. The summed E-state index contributed by atoms with van der Waals surface area (Å²) in [5.41, 5.74) is 5.69. The fourth-order valence-corrected chi connectivity index (χ4v) is 3.50. The molecule has 0 aliphatic carbocycles. The molecule has 0 spiro atoms. The minimum Gasteiger partial charge on any atom is -0.491 e. The van der Waals surface area contributed by atoms with Gasteiger partial charge < -0.3 is 30.6 Å². The Hall–Kier alpha value is -4.65. The number of hydrogen-bond donors (Lipinski definition) is 3. The van der Waals surface area contributed by atoms with Crippen LogP contribution in [0, 0.1) is 5.82 Å². The number of carbonyl (C=O) groups excluding carboxylic acids is 1. The van der Waals surface area contributed by atoms with E-state index in [1.807, 2.05) is 0 Å². The Morgan fingerprint density at radius 2 is 1.69 bits per heavy atom. The van der Waals surface area contributed by atoms with Crippen molar-refractivity contribution in [3.05, 3.63) is 72.3 Å². The molecule has 0 atom stereocenters. The predicted octanol–water partition coefficient (Wildman–Crippen LogP) is 6.22. The topological polar surface area (TPSA) is 121 Å². The third-order valence-electron chi connectivity index (χ3n) is 5.34. The van der Waals surface area contributed by atoms with Gasteiger partial charge in [-0.15, -0.1) is 0 Å². The highest BCUT2D eigenvalue weighted by atomic mass is 19.4. The maximum absolute atomic E-state index is 13.5. The molecule has 0 aliphatic heterocycles. The van der Waals surface area contributed by atoms with Gasteiger partial charge in [-0.3, -0.25) is 0 Å². The number of benzene rings is 3. The van der Waals surface area contributed by atoms with Gasteiger partial charge >= 0.3 is 12.2 Å². The molecule has 4 aromatic rings. The minimum absolute atomic E-state index is 0.223. The largest absolute Gasteiger partial charge is 0.491 e. The van der Waals surface area contributed by atoms with Crippen molar-refractivity contribution in [1.82, 2.24) is 9.97 Å². The van der Waals surface area contributed by atoms with Crippen molar-refractivity contribution < 1.29 is 36.6 Å². The summed E-state index contributed by atoms with van der Waals surface area (Å²) in [6.07, 6.45) is -2.86. The zero-order valence-electron chi connectivity index (χ0n) is 20.5. The number of ether oxygens (including phenoxy) is 3. The molecule has 0 saturated carbocycles. The Balaban J connectivity index is 1.41. The van der Waals surface area contributed by atoms with Crippen LogP contribution in [0.3, 0.4) is 0 Å². The van der Waals surface area contributed by atoms with Gasteiger partial charge in [0.15, 0.2) is 0 Å². The van der Waals surface area contributed by atoms with Gasteiger partial charge in [0, 0.05) is 37.6 Å². The molecular weight excluding hydrogens is 522 g/mol. The highest BCUT2D eigenvalue weighted by Gasteiger charge is 2.34. The number of methoxy groups -OCH3 is 1. The number of urea groups is 1. The lowest BCUT2D eigenvalue weighted by Gasteiger charge is -2.13. The summed E-state index contributed by atoms with van der Waals surface area (Å²) in [6, 6.07) is 10.8. The average molecular weight is 545 g/mol. The molecule has 0 bridgehead atoms. The van der Waals surface area contributed by atoms with Gasteiger partial charge in [-0.1, -0.05) is 0 Å². The number of fused-ring (bicyclic) bond motifs is 1. The van der Waals surface area contributed by atoms with Gasteiger partial charge in [-0.25, -0.2) is 19.2 Å². The molecule has 9 nitrogen and oxygen atoms in total. The Morgan fingerprint density at radius 3 is 2.41 bits per heavy atom. The van der Waals surface area contributed by atoms with Crippen LogP contribution in [0.5, 0.6) is 17.4 Å². The van der Waals surface area contributed by atoms with Gasteiger partial charge in [-0.2, -0.15) is 13.2 Å². The Morgan fingerprint density at radius 1 is 0.974 bits per heavy atom. The number of nitrogens with two attached hydrogens (primary N) is 1. The second kappa shape index (κ2) is 11.8. The number of amides is 2. The van der Waals surface area contributed by atoms with E-state index < -0.39 is 23.6 Å². The molecule has 0 fully saturated rings. The maximum Gasteiger partial charge on any atom is 0.419 e. The van der Waals surface area contributed by atoms with Crippen LogP contribution in [0.1, 0.15) is 12.0 Å². The molecule has 3 aromatic carbocycles. The van der Waals surface area contributed by atoms with Crippen LogP contribution < -0.4 is 25.8 Å². The number of carbonyl (C=O) groups is 1. The van der Waals surface area contributed by atoms with Crippen LogP contribution in [-0.4, -0.2) is 36.3 Å². The van der Waals surface area contributed by atoms with E-state index in [4.69, 9.17) is 19.9 Å². The zero-order chi connectivity index (χ0) is 28.0. The summed E-state index contributed by atoms with van der Waals surface area (Å²) in [5, 5.41) is 5.27. The van der Waals surface area contributed by atoms with Crippen LogP contribution >= 0.6 is 0 Å². The van der Waals surface area contributed by atoms with E-state index >= 15 is 0 Å². The summed E-state index contributed by atoms with van der Waals surface area (Å²) >= 11 is 0. The normalized spacial score (nSPS) is 11.3. The van der Waals surface area contributed by atoms with Crippen molar-refractivity contribution in [2.24, 2.45) is 0 Å². The maximum atomic E-state index is 13.5. The summed E-state index contributed by atoms with van der Waals surface area (Å²) in [6.45, 7) is 0.985. The number of nitrogen functional groups attached to an aromatic ring is 1. The van der Waals surface area contributed by atoms with E-state index in [0.717, 1.165) is 6.07 Å². The predicted molar refractivity (Wildman–Crippen MR) is 136 cm³/mol. The number of rotatable bonds is 9. The van der Waals surface area contributed by atoms with Crippen LogP contribution in [0.4, 0.5) is 39.4 Å². The monoisotopic (exact) mass is 545 g/mol. The van der Waals surface area contributed by atoms with Gasteiger partial charge in [0.2, 0.25) is 5.88 Å². The van der Waals surface area contributed by atoms with E-state index in [1.165, 1.54) is 18.5 Å². The number of aromatic nitrogens is 2. The van der Waals surface area contributed by atoms with Crippen LogP contribution in [0.15, 0.2) is 60.9 Å². The van der Waals surface area contributed by atoms with Gasteiger partial charge in [0.25, 0.3) is 0 Å². The third kappa shape index (κ3) is 7.02. The molecule has 0 aliphatic rings. The van der Waals surface area contributed by atoms with Crippen LogP contribution in [-0.2, 0) is 10.9 Å². The SMILES string of the molecule is COCCCOc1cc2ncnc(Oc3ccc(NC(=O)Nc4ccc(F)c(C(F)(F)F)c4)cc3)c2cc1N. The molecule has 4 rings (SSSR count). The number of nitrogens with one attached hydrogen (secondary N) is 2. The van der Waals surface area contributed by atoms with Crippen molar-refractivity contribution in [2.45, 2.75) is 12.6 Å². The van der Waals surface area contributed by atoms with Crippen LogP contribution in [0.2, 0.25) is 0 Å². The first kappa shape index (κ1) is 27.4. The molecule has 0 radical (unpaired) electrons. The van der Waals surface area contributed by atoms with E-state index in [0.29, 0.717) is 65.5 Å². The first-order chi connectivity index (χ1) is 18.6. The summed E-state index contributed by atoms with van der Waals surface area (Å²) in [4.78, 5) is 20.7. The Bertz CT molecular complexity index is 1470. The van der Waals surface area contributed by atoms with Gasteiger partial charge in [0.1, 0.15) is 23.6 Å². The molecule has 13 heteroatoms. The molecule has 39 heavy (non-hydrogen) atoms. The molecule has 1 aromatic heterocycles. The van der Waals surface area contributed by atoms with Crippen LogP contribution in [0.25, 0.3) is 10.9 Å². The molecule has 0 saturated heterocycles. The molecule has 2 amide bonds. The quantitative estimate of drug-likeness (QED) is 0.130. The first-order valence-corrected chi connectivity index (χ1v) is 11.5. The number of alkyl halides is 3. The zero-order valence-corrected chi connectivity index (χ0v) is 20.5. The van der Waals surface area contributed by atoms with Crippen molar-refractivity contribution in [1.29, 1.82) is 0 Å². The lowest BCUT2D eigenvalue weighted by molar-refractivity contribution is -0.139. The number of nitrogens with zero attached hydrogens (tertiary/aromatic N) is 2. The van der Waals surface area contributed by atoms with Crippen molar-refractivity contribution in [2.75, 3.05) is 36.7 Å². The van der Waals surface area contributed by atoms with Crippen molar-refractivity contribution in [3.63, 3.8) is 0 Å². The minimum atomic E-state index is -4.89. The fourth-order valence-electron chi connectivity index (χ4n) is 3.50. The van der Waals surface area contributed by atoms with Crippen molar-refractivity contribution >= 4 is 34.0 Å². The number of hydrogen-bond acceptors (Lipinski definition) is 7. The van der Waals surface area contributed by atoms with Gasteiger partial charge in [0.05, 0.1) is 28.8 Å². The third-order valence-corrected chi connectivity index (χ3v) is 5.34. The van der Waals surface area contributed by atoms with E-state index in [-0.39, 0.29) is 11.6 Å². The van der Waals surface area contributed by atoms with E-state index in [9.17, 15) is 22.4 Å². The number of anilines is 3. The summed E-state index contributed by atoms with van der Waals surface area (Å²) < 4.78 is 68.7. The molecule has 0 unspecified atom stereocenters. The first-order valence-electron chi connectivity index (χ1n) is 11.5. The average Bonchev–Trinajstić information content (AvgIpc) is 2.89. The smallest absolute Gasteiger partial charge is 0.419 e. The highest BCUT2D eigenvalue weighted by Crippen LogP contribution is 2.34. The summed E-state index contributed by atoms with van der Waals surface area (Å²) in [5.74, 6) is -0.331. The lowest BCUT2D eigenvalue weighted by atomic mass is 10.2. The van der Waals surface area contributed by atoms with E-state index in [2.05, 4.69) is 20.6 Å². The molecular formula is C26H23F4N5O4. The standard InChI is InChI=1S/C26H23F4N5O4/c1-37-9-2-10-38-23-13-22-18(12-21(23)31)24(33-14-32-22)39-17-6-3-15(4-7-17)34-25(36)35-16-5-8-20(27)19(11-16)26(28,29)30/h3-8,11-14H,2,9-10,31H2,1H3,(H2,34,35,36). The second-order valence-electron chi connectivity index (χ2n) is 8.18. The van der Waals surface area contributed by atoms with Crippen molar-refractivity contribution in [3.8, 4) is 17.4 Å². The lowest BCUT2D eigenvalue weighted by Crippen LogP contribution is -2.20. The fraction of sp³-hybridized carbons (Fsp3) is 0.192. The molecule has 1 heterocycles. The number of halogens is 4. The van der Waals surface area contributed by atoms with Gasteiger partial charge in [-0.05, 0) is 48.5 Å². The molecule has 4 N–H and O–H groups in total. The highest BCUT2D eigenvalue weighted by molar-refractivity contribution is 5.99. The Labute approximate surface area is 219 Å². The summed E-state index contributed by atoms with van der Waals surface area (Å²) in [7, 11) is 1.61.